The fraction of sp³-hybridized carbons (Fsp3) is 0.545. The molecule has 1 fully saturated rings. The van der Waals surface area contributed by atoms with Crippen LogP contribution in [0.5, 0.6) is 0 Å². The Labute approximate surface area is 102 Å². The number of H-pyrrole nitrogens is 1. The van der Waals surface area contributed by atoms with Crippen LogP contribution in [-0.4, -0.2) is 45.2 Å². The number of aliphatic hydroxyl groups is 3. The van der Waals surface area contributed by atoms with Gasteiger partial charge < -0.3 is 20.1 Å². The molecule has 7 heteroatoms. The Hall–Kier alpha value is -1.28. The largest absolute Gasteiger partial charge is 0.394 e. The molecule has 1 saturated heterocycles. The molecule has 0 radical (unpaired) electrons. The second-order valence-electron chi connectivity index (χ2n) is 4.31. The third-order valence-electron chi connectivity index (χ3n) is 3.06. The Kier molecular flexibility index (Phi) is 3.49. The summed E-state index contributed by atoms with van der Waals surface area (Å²) in [5.74, 6) is -0.916. The van der Waals surface area contributed by atoms with E-state index < -0.39 is 42.5 Å². The lowest BCUT2D eigenvalue weighted by Gasteiger charge is -2.15. The number of aliphatic hydroxyl groups excluding tert-OH is 3. The van der Waals surface area contributed by atoms with Crippen molar-refractivity contribution in [3.63, 3.8) is 0 Å². The smallest absolute Gasteiger partial charge is 0.253 e. The van der Waals surface area contributed by atoms with Gasteiger partial charge in [0.25, 0.3) is 5.56 Å². The molecule has 1 aromatic rings. The molecule has 18 heavy (non-hydrogen) atoms. The number of hydrogen-bond donors (Lipinski definition) is 4. The first-order chi connectivity index (χ1) is 8.45. The van der Waals surface area contributed by atoms with Crippen LogP contribution in [0.2, 0.25) is 0 Å². The van der Waals surface area contributed by atoms with Crippen molar-refractivity contribution in [1.82, 2.24) is 4.98 Å². The van der Waals surface area contributed by atoms with Crippen molar-refractivity contribution < 1.29 is 24.4 Å². The van der Waals surface area contributed by atoms with Crippen molar-refractivity contribution in [3.05, 3.63) is 33.5 Å². The van der Waals surface area contributed by atoms with E-state index in [1.54, 1.807) is 0 Å². The summed E-state index contributed by atoms with van der Waals surface area (Å²) in [4.78, 5) is 13.2. The molecule has 0 aromatic carbocycles. The van der Waals surface area contributed by atoms with Crippen molar-refractivity contribution in [2.45, 2.75) is 31.3 Å². The summed E-state index contributed by atoms with van der Waals surface area (Å²) >= 11 is 0. The SMILES string of the molecule is Cc1cc([C@@H]2O[C@H](CO)C(O)C2O)c(F)[nH]c1=O. The zero-order valence-corrected chi connectivity index (χ0v) is 9.63. The number of pyridine rings is 1. The van der Waals surface area contributed by atoms with Crippen LogP contribution >= 0.6 is 0 Å². The predicted octanol–water partition coefficient (Wildman–Crippen LogP) is -1.02. The highest BCUT2D eigenvalue weighted by Gasteiger charge is 2.44. The van der Waals surface area contributed by atoms with Gasteiger partial charge in [-0.1, -0.05) is 0 Å². The molecule has 100 valence electrons. The Bertz CT molecular complexity index is 503. The number of nitrogens with one attached hydrogen (secondary N) is 1. The third kappa shape index (κ3) is 2.05. The molecule has 4 atom stereocenters. The normalized spacial score (nSPS) is 31.8. The van der Waals surface area contributed by atoms with Crippen LogP contribution in [0, 0.1) is 12.9 Å². The van der Waals surface area contributed by atoms with Crippen LogP contribution in [0.3, 0.4) is 0 Å². The quantitative estimate of drug-likeness (QED) is 0.509. The Morgan fingerprint density at radius 1 is 1.44 bits per heavy atom. The molecule has 1 aromatic heterocycles. The summed E-state index contributed by atoms with van der Waals surface area (Å²) < 4.78 is 18.8. The molecule has 2 rings (SSSR count). The molecule has 0 amide bonds. The molecule has 0 saturated carbocycles. The van der Waals surface area contributed by atoms with Gasteiger partial charge in [-0.15, -0.1) is 0 Å². The van der Waals surface area contributed by atoms with Gasteiger partial charge in [0.1, 0.15) is 24.4 Å². The van der Waals surface area contributed by atoms with Crippen LogP contribution in [0.1, 0.15) is 17.2 Å². The molecule has 0 bridgehead atoms. The van der Waals surface area contributed by atoms with Gasteiger partial charge in [0.15, 0.2) is 5.95 Å². The van der Waals surface area contributed by atoms with Gasteiger partial charge in [-0.25, -0.2) is 0 Å². The minimum atomic E-state index is -1.36. The summed E-state index contributed by atoms with van der Waals surface area (Å²) in [5.41, 5.74) is -0.346. The van der Waals surface area contributed by atoms with Crippen molar-refractivity contribution in [2.75, 3.05) is 6.61 Å². The average molecular weight is 259 g/mol. The van der Waals surface area contributed by atoms with Crippen molar-refractivity contribution in [1.29, 1.82) is 0 Å². The van der Waals surface area contributed by atoms with E-state index in [0.29, 0.717) is 0 Å². The van der Waals surface area contributed by atoms with Gasteiger partial charge in [0.05, 0.1) is 6.61 Å². The monoisotopic (exact) mass is 259 g/mol. The number of aromatic nitrogens is 1. The summed E-state index contributed by atoms with van der Waals surface area (Å²) in [7, 11) is 0. The summed E-state index contributed by atoms with van der Waals surface area (Å²) in [5, 5.41) is 28.3. The molecule has 1 aliphatic heterocycles. The average Bonchev–Trinajstić information content (AvgIpc) is 2.61. The lowest BCUT2D eigenvalue weighted by Crippen LogP contribution is -2.32. The number of aromatic amines is 1. The van der Waals surface area contributed by atoms with Gasteiger partial charge in [-0.3, -0.25) is 9.78 Å². The maximum atomic E-state index is 13.6. The van der Waals surface area contributed by atoms with E-state index in [-0.39, 0.29) is 11.1 Å². The summed E-state index contributed by atoms with van der Waals surface area (Å²) in [6.45, 7) is 1.00. The first-order valence-corrected chi connectivity index (χ1v) is 5.47. The first kappa shape index (κ1) is 13.2. The number of halogens is 1. The molecule has 0 aliphatic carbocycles. The zero-order chi connectivity index (χ0) is 13.4. The maximum Gasteiger partial charge on any atom is 0.253 e. The molecule has 1 aliphatic rings. The molecular weight excluding hydrogens is 245 g/mol. The molecule has 0 spiro atoms. The minimum absolute atomic E-state index is 0.0467. The molecular formula is C11H14FNO5. The summed E-state index contributed by atoms with van der Waals surface area (Å²) in [6.07, 6.45) is -4.75. The van der Waals surface area contributed by atoms with E-state index in [0.717, 1.165) is 0 Å². The van der Waals surface area contributed by atoms with E-state index >= 15 is 0 Å². The van der Waals surface area contributed by atoms with Crippen LogP contribution < -0.4 is 5.56 Å². The van der Waals surface area contributed by atoms with Crippen LogP contribution in [0.4, 0.5) is 4.39 Å². The van der Waals surface area contributed by atoms with E-state index in [4.69, 9.17) is 9.84 Å². The van der Waals surface area contributed by atoms with E-state index in [9.17, 15) is 19.4 Å². The van der Waals surface area contributed by atoms with Crippen molar-refractivity contribution in [2.24, 2.45) is 0 Å². The number of aryl methyl sites for hydroxylation is 1. The molecule has 4 N–H and O–H groups in total. The highest BCUT2D eigenvalue weighted by Crippen LogP contribution is 2.34. The third-order valence-corrected chi connectivity index (χ3v) is 3.06. The summed E-state index contributed by atoms with van der Waals surface area (Å²) in [6, 6.07) is 1.26. The highest BCUT2D eigenvalue weighted by atomic mass is 19.1. The topological polar surface area (TPSA) is 103 Å². The van der Waals surface area contributed by atoms with Crippen LogP contribution in [0.15, 0.2) is 10.9 Å². The number of rotatable bonds is 2. The molecule has 2 unspecified atom stereocenters. The van der Waals surface area contributed by atoms with Crippen molar-refractivity contribution >= 4 is 0 Å². The van der Waals surface area contributed by atoms with Gasteiger partial charge in [0.2, 0.25) is 0 Å². The highest BCUT2D eigenvalue weighted by molar-refractivity contribution is 5.23. The fourth-order valence-electron chi connectivity index (χ4n) is 2.00. The molecule has 2 heterocycles. The standard InChI is InChI=1S/C11H14FNO5/c1-4-2-5(10(12)13-11(4)17)9-8(16)7(15)6(3-14)18-9/h2,6-9,14-16H,3H2,1H3,(H,13,17)/t6-,7?,8?,9+/m1/s1. The lowest BCUT2D eigenvalue weighted by molar-refractivity contribution is -0.0239. The van der Waals surface area contributed by atoms with Crippen LogP contribution in [0.25, 0.3) is 0 Å². The zero-order valence-electron chi connectivity index (χ0n) is 9.63. The number of ether oxygens (including phenoxy) is 1. The van der Waals surface area contributed by atoms with Gasteiger partial charge in [-0.05, 0) is 13.0 Å². The second kappa shape index (κ2) is 4.77. The predicted molar refractivity (Wildman–Crippen MR) is 58.5 cm³/mol. The van der Waals surface area contributed by atoms with Gasteiger partial charge in [-0.2, -0.15) is 4.39 Å². The fourth-order valence-corrected chi connectivity index (χ4v) is 2.00. The van der Waals surface area contributed by atoms with Gasteiger partial charge in [0, 0.05) is 11.1 Å². The minimum Gasteiger partial charge on any atom is -0.394 e. The van der Waals surface area contributed by atoms with Crippen LogP contribution in [-0.2, 0) is 4.74 Å². The lowest BCUT2D eigenvalue weighted by atomic mass is 10.0. The Morgan fingerprint density at radius 2 is 2.11 bits per heavy atom. The second-order valence-corrected chi connectivity index (χ2v) is 4.31. The maximum absolute atomic E-state index is 13.6. The Balaban J connectivity index is 2.38. The Morgan fingerprint density at radius 3 is 2.67 bits per heavy atom. The van der Waals surface area contributed by atoms with E-state index in [1.165, 1.54) is 13.0 Å². The van der Waals surface area contributed by atoms with Gasteiger partial charge >= 0.3 is 0 Å². The van der Waals surface area contributed by atoms with Crippen molar-refractivity contribution in [3.8, 4) is 0 Å². The van der Waals surface area contributed by atoms with E-state index in [2.05, 4.69) is 0 Å². The van der Waals surface area contributed by atoms with E-state index in [1.807, 2.05) is 4.98 Å². The first-order valence-electron chi connectivity index (χ1n) is 5.47. The number of hydrogen-bond acceptors (Lipinski definition) is 5. The molecule has 6 nitrogen and oxygen atoms in total.